The summed E-state index contributed by atoms with van der Waals surface area (Å²) in [5.74, 6) is 0.873. The number of hydrogen-bond acceptors (Lipinski definition) is 3. The van der Waals surface area contributed by atoms with E-state index in [0.29, 0.717) is 6.42 Å². The van der Waals surface area contributed by atoms with Crippen LogP contribution in [-0.4, -0.2) is 0 Å². The SMILES string of the molecule is CC1(C)c2cc3ccccc3cc2-c2c(-c3ccc(/C(=C/Cc4ccccc4-c4cc5ccccc5o4)NC(N)c4ccccc4)cc3)cccc21. The van der Waals surface area contributed by atoms with Crippen LogP contribution in [0.1, 0.15) is 47.8 Å². The van der Waals surface area contributed by atoms with Crippen molar-refractivity contribution < 1.29 is 4.42 Å². The molecule has 3 N–H and O–H groups in total. The zero-order valence-corrected chi connectivity index (χ0v) is 29.4. The third-order valence-corrected chi connectivity index (χ3v) is 10.8. The van der Waals surface area contributed by atoms with Crippen LogP contribution in [0.2, 0.25) is 0 Å². The molecule has 3 nitrogen and oxygen atoms in total. The maximum absolute atomic E-state index is 6.79. The number of fused-ring (bicyclic) bond motifs is 5. The van der Waals surface area contributed by atoms with Gasteiger partial charge in [0.15, 0.2) is 0 Å². The largest absolute Gasteiger partial charge is 0.456 e. The molecule has 1 unspecified atom stereocenters. The fourth-order valence-electron chi connectivity index (χ4n) is 7.98. The van der Waals surface area contributed by atoms with Crippen LogP contribution in [0.3, 0.4) is 0 Å². The van der Waals surface area contributed by atoms with Gasteiger partial charge >= 0.3 is 0 Å². The number of hydrogen-bond donors (Lipinski definition) is 2. The number of allylic oxidation sites excluding steroid dienone is 1. The Balaban J connectivity index is 1.09. The summed E-state index contributed by atoms with van der Waals surface area (Å²) in [4.78, 5) is 0. The lowest BCUT2D eigenvalue weighted by atomic mass is 9.81. The maximum Gasteiger partial charge on any atom is 0.135 e. The molecule has 252 valence electrons. The first kappa shape index (κ1) is 31.8. The van der Waals surface area contributed by atoms with Crippen molar-refractivity contribution in [3.63, 3.8) is 0 Å². The van der Waals surface area contributed by atoms with Crippen molar-refractivity contribution in [1.29, 1.82) is 0 Å². The van der Waals surface area contributed by atoms with E-state index in [-0.39, 0.29) is 11.6 Å². The minimum atomic E-state index is -0.372. The van der Waals surface area contributed by atoms with Crippen LogP contribution in [0.15, 0.2) is 174 Å². The van der Waals surface area contributed by atoms with Gasteiger partial charge in [0.1, 0.15) is 17.5 Å². The van der Waals surface area contributed by atoms with Gasteiger partial charge in [-0.25, -0.2) is 0 Å². The monoisotopic (exact) mass is 672 g/mol. The maximum atomic E-state index is 6.79. The van der Waals surface area contributed by atoms with E-state index in [2.05, 4.69) is 153 Å². The van der Waals surface area contributed by atoms with Gasteiger partial charge in [-0.3, -0.25) is 0 Å². The highest BCUT2D eigenvalue weighted by Gasteiger charge is 2.37. The molecule has 9 rings (SSSR count). The van der Waals surface area contributed by atoms with Crippen molar-refractivity contribution in [1.82, 2.24) is 5.32 Å². The van der Waals surface area contributed by atoms with Crippen LogP contribution >= 0.6 is 0 Å². The first-order chi connectivity index (χ1) is 25.4. The number of para-hydroxylation sites is 1. The van der Waals surface area contributed by atoms with Crippen molar-refractivity contribution in [3.05, 3.63) is 198 Å². The summed E-state index contributed by atoms with van der Waals surface area (Å²) in [5.41, 5.74) is 20.8. The predicted octanol–water partition coefficient (Wildman–Crippen LogP) is 12.1. The fourth-order valence-corrected chi connectivity index (χ4v) is 7.98. The van der Waals surface area contributed by atoms with Gasteiger partial charge < -0.3 is 15.5 Å². The Hall–Kier alpha value is -6.16. The third kappa shape index (κ3) is 5.60. The summed E-state index contributed by atoms with van der Waals surface area (Å²) in [7, 11) is 0. The highest BCUT2D eigenvalue weighted by Crippen LogP contribution is 2.53. The van der Waals surface area contributed by atoms with Gasteiger partial charge in [0.25, 0.3) is 0 Å². The molecule has 1 aliphatic rings. The topological polar surface area (TPSA) is 51.2 Å². The molecule has 0 saturated heterocycles. The minimum Gasteiger partial charge on any atom is -0.456 e. The quantitative estimate of drug-likeness (QED) is 0.158. The number of nitrogens with two attached hydrogens (primary N) is 1. The van der Waals surface area contributed by atoms with Gasteiger partial charge in [0, 0.05) is 22.1 Å². The molecule has 1 heterocycles. The standard InChI is InChI=1S/C49H40N2O/c1-49(2)42-21-12-20-40(47(42)41-29-36-16-6-7-17-37(36)30-43(41)49)33-23-25-34(26-24-33)44(51-48(50)35-14-4-3-5-15-35)28-27-32-13-8-10-19-39(32)46-31-38-18-9-11-22-45(38)52-46/h3-26,28-31,48,51H,27,50H2,1-2H3/b44-28-. The molecule has 0 fully saturated rings. The molecule has 0 saturated carbocycles. The van der Waals surface area contributed by atoms with Gasteiger partial charge in [-0.05, 0) is 91.5 Å². The second-order valence-electron chi connectivity index (χ2n) is 14.3. The van der Waals surface area contributed by atoms with E-state index in [4.69, 9.17) is 10.2 Å². The zero-order valence-electron chi connectivity index (χ0n) is 29.4. The van der Waals surface area contributed by atoms with Crippen LogP contribution in [-0.2, 0) is 11.8 Å². The van der Waals surface area contributed by atoms with Gasteiger partial charge in [-0.1, -0.05) is 159 Å². The average molecular weight is 673 g/mol. The molecule has 0 aliphatic heterocycles. The van der Waals surface area contributed by atoms with E-state index in [1.807, 2.05) is 36.4 Å². The van der Waals surface area contributed by atoms with Crippen LogP contribution in [0.4, 0.5) is 0 Å². The van der Waals surface area contributed by atoms with Gasteiger partial charge in [0.05, 0.1) is 0 Å². The zero-order chi connectivity index (χ0) is 35.2. The van der Waals surface area contributed by atoms with Crippen LogP contribution in [0, 0.1) is 0 Å². The first-order valence-corrected chi connectivity index (χ1v) is 18.1. The third-order valence-electron chi connectivity index (χ3n) is 10.8. The number of rotatable bonds is 8. The summed E-state index contributed by atoms with van der Waals surface area (Å²) in [6.45, 7) is 4.70. The molecule has 0 bridgehead atoms. The summed E-state index contributed by atoms with van der Waals surface area (Å²) < 4.78 is 6.30. The smallest absolute Gasteiger partial charge is 0.135 e. The van der Waals surface area contributed by atoms with E-state index in [1.165, 1.54) is 49.7 Å². The van der Waals surface area contributed by atoms with Crippen molar-refractivity contribution in [2.24, 2.45) is 5.73 Å². The molecule has 0 spiro atoms. The van der Waals surface area contributed by atoms with Crippen LogP contribution in [0.5, 0.6) is 0 Å². The Morgan fingerprint density at radius 1 is 0.635 bits per heavy atom. The van der Waals surface area contributed by atoms with E-state index in [1.54, 1.807) is 0 Å². The average Bonchev–Trinajstić information content (AvgIpc) is 3.72. The highest BCUT2D eigenvalue weighted by atomic mass is 16.3. The Morgan fingerprint density at radius 3 is 2.10 bits per heavy atom. The molecule has 1 aliphatic carbocycles. The second kappa shape index (κ2) is 12.9. The first-order valence-electron chi connectivity index (χ1n) is 18.1. The molecule has 1 aromatic heterocycles. The van der Waals surface area contributed by atoms with Crippen molar-refractivity contribution in [3.8, 4) is 33.6 Å². The van der Waals surface area contributed by atoms with E-state index in [0.717, 1.165) is 39.1 Å². The number of benzene rings is 7. The lowest BCUT2D eigenvalue weighted by Crippen LogP contribution is -2.27. The van der Waals surface area contributed by atoms with Gasteiger partial charge in [-0.2, -0.15) is 0 Å². The molecule has 0 radical (unpaired) electrons. The van der Waals surface area contributed by atoms with E-state index in [9.17, 15) is 0 Å². The van der Waals surface area contributed by atoms with E-state index < -0.39 is 0 Å². The second-order valence-corrected chi connectivity index (χ2v) is 14.3. The Labute approximate surface area is 305 Å². The molecule has 0 amide bonds. The van der Waals surface area contributed by atoms with Crippen molar-refractivity contribution in [2.45, 2.75) is 31.8 Å². The predicted molar refractivity (Wildman–Crippen MR) is 217 cm³/mol. The summed E-state index contributed by atoms with van der Waals surface area (Å²) in [6.07, 6.45) is 2.58. The fraction of sp³-hybridized carbons (Fsp3) is 0.102. The Kier molecular flexibility index (Phi) is 7.87. The number of nitrogens with one attached hydrogen (secondary N) is 1. The molecule has 3 heteroatoms. The molecular weight excluding hydrogens is 633 g/mol. The lowest BCUT2D eigenvalue weighted by molar-refractivity contribution is 0.631. The summed E-state index contributed by atoms with van der Waals surface area (Å²) in [5, 5.41) is 7.31. The van der Waals surface area contributed by atoms with Gasteiger partial charge in [-0.15, -0.1) is 0 Å². The van der Waals surface area contributed by atoms with Crippen LogP contribution < -0.4 is 11.1 Å². The van der Waals surface area contributed by atoms with Crippen molar-refractivity contribution in [2.75, 3.05) is 0 Å². The van der Waals surface area contributed by atoms with Crippen molar-refractivity contribution >= 4 is 27.4 Å². The molecule has 8 aromatic rings. The summed E-state index contributed by atoms with van der Waals surface area (Å²) >= 11 is 0. The molecule has 7 aromatic carbocycles. The Morgan fingerprint density at radius 2 is 1.31 bits per heavy atom. The van der Waals surface area contributed by atoms with E-state index >= 15 is 0 Å². The highest BCUT2D eigenvalue weighted by molar-refractivity contribution is 5.98. The minimum absolute atomic E-state index is 0.0866. The molecule has 52 heavy (non-hydrogen) atoms. The summed E-state index contributed by atoms with van der Waals surface area (Å²) in [6, 6.07) is 58.1. The molecule has 1 atom stereocenters. The lowest BCUT2D eigenvalue weighted by Gasteiger charge is -2.22. The van der Waals surface area contributed by atoms with Crippen LogP contribution in [0.25, 0.3) is 61.0 Å². The number of furan rings is 1. The normalized spacial score (nSPS) is 13.9. The Bertz CT molecular complexity index is 2580. The molecular formula is C49H40N2O. The van der Waals surface area contributed by atoms with Gasteiger partial charge in [0.2, 0.25) is 0 Å².